The molecular weight excluding hydrogens is 244 g/mol. The van der Waals surface area contributed by atoms with Crippen molar-refractivity contribution in [3.63, 3.8) is 0 Å². The Morgan fingerprint density at radius 3 is 1.26 bits per heavy atom. The first kappa shape index (κ1) is 11.7. The van der Waals surface area contributed by atoms with Gasteiger partial charge in [-0.1, -0.05) is 0 Å². The van der Waals surface area contributed by atoms with Crippen molar-refractivity contribution in [2.75, 3.05) is 0 Å². The second kappa shape index (κ2) is 4.69. The minimum Gasteiger partial charge on any atom is -0.355 e. The summed E-state index contributed by atoms with van der Waals surface area (Å²) in [7, 11) is 0. The van der Waals surface area contributed by atoms with Crippen molar-refractivity contribution in [1.29, 1.82) is 0 Å². The van der Waals surface area contributed by atoms with Gasteiger partial charge in [0.2, 0.25) is 0 Å². The summed E-state index contributed by atoms with van der Waals surface area (Å²) in [4.78, 5) is 3.24. The largest absolute Gasteiger partial charge is 0.355 e. The molecule has 0 aliphatic heterocycles. The molecule has 0 amide bonds. The molecule has 0 fully saturated rings. The molecule has 0 saturated heterocycles. The fourth-order valence-corrected chi connectivity index (χ4v) is 1.99. The number of nitrogens with one attached hydrogen (secondary N) is 1. The van der Waals surface area contributed by atoms with Crippen molar-refractivity contribution < 1.29 is 8.78 Å². The van der Waals surface area contributed by atoms with E-state index >= 15 is 0 Å². The molecule has 2 aromatic carbocycles. The van der Waals surface area contributed by atoms with Crippen LogP contribution in [0.5, 0.6) is 0 Å². The number of halogens is 2. The Morgan fingerprint density at radius 1 is 0.526 bits per heavy atom. The maximum atomic E-state index is 12.9. The van der Waals surface area contributed by atoms with Crippen molar-refractivity contribution in [1.82, 2.24) is 4.98 Å². The van der Waals surface area contributed by atoms with Crippen LogP contribution >= 0.6 is 0 Å². The van der Waals surface area contributed by atoms with Gasteiger partial charge >= 0.3 is 0 Å². The summed E-state index contributed by atoms with van der Waals surface area (Å²) in [5, 5.41) is 0. The smallest absolute Gasteiger partial charge is 0.123 e. The predicted molar refractivity (Wildman–Crippen MR) is 71.6 cm³/mol. The van der Waals surface area contributed by atoms with E-state index < -0.39 is 0 Å². The summed E-state index contributed by atoms with van der Waals surface area (Å²) in [6, 6.07) is 16.4. The van der Waals surface area contributed by atoms with Crippen LogP contribution < -0.4 is 0 Å². The van der Waals surface area contributed by atoms with Gasteiger partial charge < -0.3 is 4.98 Å². The van der Waals surface area contributed by atoms with Crippen LogP contribution in [0, 0.1) is 11.6 Å². The Bertz CT molecular complexity index is 622. The third-order valence-corrected chi connectivity index (χ3v) is 3.00. The monoisotopic (exact) mass is 255 g/mol. The first-order chi connectivity index (χ1) is 9.22. The van der Waals surface area contributed by atoms with Crippen LogP contribution in [-0.2, 0) is 0 Å². The topological polar surface area (TPSA) is 15.8 Å². The van der Waals surface area contributed by atoms with Gasteiger partial charge in [0, 0.05) is 11.4 Å². The Hall–Kier alpha value is -2.42. The zero-order valence-corrected chi connectivity index (χ0v) is 10.0. The molecular formula is C16H11F2N. The number of hydrogen-bond donors (Lipinski definition) is 1. The van der Waals surface area contributed by atoms with E-state index in [4.69, 9.17) is 0 Å². The molecule has 3 heteroatoms. The molecule has 19 heavy (non-hydrogen) atoms. The maximum Gasteiger partial charge on any atom is 0.123 e. The molecule has 0 saturated carbocycles. The number of hydrogen-bond acceptors (Lipinski definition) is 0. The van der Waals surface area contributed by atoms with Crippen molar-refractivity contribution in [2.24, 2.45) is 0 Å². The van der Waals surface area contributed by atoms with E-state index in [-0.39, 0.29) is 11.6 Å². The van der Waals surface area contributed by atoms with Gasteiger partial charge in [-0.3, -0.25) is 0 Å². The lowest BCUT2D eigenvalue weighted by molar-refractivity contribution is 0.627. The summed E-state index contributed by atoms with van der Waals surface area (Å²) < 4.78 is 25.7. The number of benzene rings is 2. The highest BCUT2D eigenvalue weighted by Crippen LogP contribution is 2.24. The SMILES string of the molecule is Fc1ccc(-c2ccc(-c3ccc(F)cc3)[nH]2)cc1. The van der Waals surface area contributed by atoms with Gasteiger partial charge in [-0.05, 0) is 71.8 Å². The minimum absolute atomic E-state index is 0.255. The standard InChI is InChI=1S/C16H11F2N/c17-13-5-1-11(2-6-13)15-9-10-16(19-15)12-3-7-14(18)8-4-12/h1-10,19H. The molecule has 1 N–H and O–H groups in total. The fourth-order valence-electron chi connectivity index (χ4n) is 1.99. The zero-order chi connectivity index (χ0) is 13.2. The summed E-state index contributed by atoms with van der Waals surface area (Å²) in [6.45, 7) is 0. The van der Waals surface area contributed by atoms with Crippen LogP contribution in [0.15, 0.2) is 60.7 Å². The fraction of sp³-hybridized carbons (Fsp3) is 0. The van der Waals surface area contributed by atoms with Crippen molar-refractivity contribution in [3.8, 4) is 22.5 Å². The summed E-state index contributed by atoms with van der Waals surface area (Å²) in [6.07, 6.45) is 0. The average Bonchev–Trinajstić information content (AvgIpc) is 2.90. The third kappa shape index (κ3) is 2.40. The Balaban J connectivity index is 1.95. The van der Waals surface area contributed by atoms with E-state index in [1.54, 1.807) is 24.3 Å². The first-order valence-corrected chi connectivity index (χ1v) is 5.93. The van der Waals surface area contributed by atoms with E-state index in [1.165, 1.54) is 24.3 Å². The van der Waals surface area contributed by atoms with Gasteiger partial charge in [0.1, 0.15) is 11.6 Å². The molecule has 94 valence electrons. The van der Waals surface area contributed by atoms with E-state index in [2.05, 4.69) is 4.98 Å². The molecule has 0 unspecified atom stereocenters. The van der Waals surface area contributed by atoms with Crippen LogP contribution in [0.4, 0.5) is 8.78 Å². The highest BCUT2D eigenvalue weighted by atomic mass is 19.1. The third-order valence-electron chi connectivity index (χ3n) is 3.00. The molecule has 1 heterocycles. The van der Waals surface area contributed by atoms with Crippen molar-refractivity contribution in [3.05, 3.63) is 72.3 Å². The van der Waals surface area contributed by atoms with Crippen LogP contribution in [0.3, 0.4) is 0 Å². The molecule has 3 rings (SSSR count). The second-order valence-electron chi connectivity index (χ2n) is 4.30. The summed E-state index contributed by atoms with van der Waals surface area (Å²) >= 11 is 0. The average molecular weight is 255 g/mol. The van der Waals surface area contributed by atoms with Gasteiger partial charge in [-0.25, -0.2) is 8.78 Å². The molecule has 1 aromatic heterocycles. The normalized spacial score (nSPS) is 10.6. The maximum absolute atomic E-state index is 12.9. The second-order valence-corrected chi connectivity index (χ2v) is 4.30. The molecule has 0 bridgehead atoms. The Labute approximate surface area is 109 Å². The molecule has 0 aliphatic carbocycles. The van der Waals surface area contributed by atoms with Crippen LogP contribution in [-0.4, -0.2) is 4.98 Å². The van der Waals surface area contributed by atoms with E-state index in [0.717, 1.165) is 22.5 Å². The highest BCUT2D eigenvalue weighted by Gasteiger charge is 2.04. The van der Waals surface area contributed by atoms with Gasteiger partial charge in [0.05, 0.1) is 0 Å². The van der Waals surface area contributed by atoms with Crippen LogP contribution in [0.2, 0.25) is 0 Å². The summed E-state index contributed by atoms with van der Waals surface area (Å²) in [5.74, 6) is -0.511. The van der Waals surface area contributed by atoms with Crippen molar-refractivity contribution >= 4 is 0 Å². The molecule has 0 radical (unpaired) electrons. The first-order valence-electron chi connectivity index (χ1n) is 5.93. The van der Waals surface area contributed by atoms with Crippen LogP contribution in [0.1, 0.15) is 0 Å². The summed E-state index contributed by atoms with van der Waals surface area (Å²) in [5.41, 5.74) is 3.63. The van der Waals surface area contributed by atoms with Gasteiger partial charge in [0.15, 0.2) is 0 Å². The number of rotatable bonds is 2. The Morgan fingerprint density at radius 2 is 0.895 bits per heavy atom. The van der Waals surface area contributed by atoms with E-state index in [9.17, 15) is 8.78 Å². The van der Waals surface area contributed by atoms with Gasteiger partial charge in [0.25, 0.3) is 0 Å². The van der Waals surface area contributed by atoms with E-state index in [1.807, 2.05) is 12.1 Å². The molecule has 0 atom stereocenters. The van der Waals surface area contributed by atoms with Crippen LogP contribution in [0.25, 0.3) is 22.5 Å². The highest BCUT2D eigenvalue weighted by molar-refractivity contribution is 5.68. The molecule has 3 aromatic rings. The lowest BCUT2D eigenvalue weighted by Crippen LogP contribution is -1.81. The number of aromatic amines is 1. The van der Waals surface area contributed by atoms with Crippen molar-refractivity contribution in [2.45, 2.75) is 0 Å². The molecule has 0 spiro atoms. The number of H-pyrrole nitrogens is 1. The number of aromatic nitrogens is 1. The Kier molecular flexibility index (Phi) is 2.88. The van der Waals surface area contributed by atoms with Gasteiger partial charge in [-0.2, -0.15) is 0 Å². The lowest BCUT2D eigenvalue weighted by atomic mass is 10.1. The minimum atomic E-state index is -0.255. The predicted octanol–water partition coefficient (Wildman–Crippen LogP) is 4.63. The lowest BCUT2D eigenvalue weighted by Gasteiger charge is -2.00. The molecule has 0 aliphatic rings. The zero-order valence-electron chi connectivity index (χ0n) is 10.0. The molecule has 1 nitrogen and oxygen atoms in total. The van der Waals surface area contributed by atoms with E-state index in [0.29, 0.717) is 0 Å². The quantitative estimate of drug-likeness (QED) is 0.687. The van der Waals surface area contributed by atoms with Gasteiger partial charge in [-0.15, -0.1) is 0 Å².